The first-order chi connectivity index (χ1) is 9.13. The maximum atomic E-state index is 5.55. The van der Waals surface area contributed by atoms with E-state index in [9.17, 15) is 0 Å². The summed E-state index contributed by atoms with van der Waals surface area (Å²) in [7, 11) is 4.09. The van der Waals surface area contributed by atoms with Gasteiger partial charge in [0.05, 0.1) is 0 Å². The molecule has 1 aliphatic carbocycles. The van der Waals surface area contributed by atoms with Gasteiger partial charge in [0.2, 0.25) is 0 Å². The van der Waals surface area contributed by atoms with E-state index in [1.807, 2.05) is 14.1 Å². The van der Waals surface area contributed by atoms with Gasteiger partial charge in [0.25, 0.3) is 0 Å². The van der Waals surface area contributed by atoms with Gasteiger partial charge in [-0.3, -0.25) is 4.99 Å². The van der Waals surface area contributed by atoms with Crippen molar-refractivity contribution >= 4 is 29.9 Å². The molecule has 0 bridgehead atoms. The minimum atomic E-state index is 0. The van der Waals surface area contributed by atoms with E-state index < -0.39 is 0 Å². The fourth-order valence-electron chi connectivity index (χ4n) is 2.80. The predicted octanol–water partition coefficient (Wildman–Crippen LogP) is 3.12. The standard InChI is InChI=1S/C15H31N3O.HI/c1-5-16-14(18(3)4)17-13-15(9-7-8-10-15)11-12-19-6-2;/h5-13H2,1-4H3,(H,16,17);1H. The maximum Gasteiger partial charge on any atom is 0.193 e. The highest BCUT2D eigenvalue weighted by molar-refractivity contribution is 14.0. The highest BCUT2D eigenvalue weighted by atomic mass is 127. The first kappa shape index (κ1) is 20.0. The van der Waals surface area contributed by atoms with E-state index in [0.29, 0.717) is 5.41 Å². The van der Waals surface area contributed by atoms with Crippen LogP contribution in [0.25, 0.3) is 0 Å². The molecule has 20 heavy (non-hydrogen) atoms. The summed E-state index contributed by atoms with van der Waals surface area (Å²) in [5.41, 5.74) is 0.381. The van der Waals surface area contributed by atoms with Gasteiger partial charge in [-0.15, -0.1) is 24.0 Å². The molecule has 0 heterocycles. The van der Waals surface area contributed by atoms with Crippen LogP contribution in [0.2, 0.25) is 0 Å². The topological polar surface area (TPSA) is 36.9 Å². The first-order valence-corrected chi connectivity index (χ1v) is 7.67. The average molecular weight is 397 g/mol. The van der Waals surface area contributed by atoms with E-state index in [1.54, 1.807) is 0 Å². The second-order valence-electron chi connectivity index (χ2n) is 5.72. The Hall–Kier alpha value is -0.0400. The number of nitrogens with one attached hydrogen (secondary N) is 1. The smallest absolute Gasteiger partial charge is 0.193 e. The van der Waals surface area contributed by atoms with Crippen molar-refractivity contribution < 1.29 is 4.74 Å². The van der Waals surface area contributed by atoms with Crippen LogP contribution in [0.15, 0.2) is 4.99 Å². The van der Waals surface area contributed by atoms with Crippen LogP contribution in [0.1, 0.15) is 46.0 Å². The summed E-state index contributed by atoms with van der Waals surface area (Å²) in [6, 6.07) is 0. The number of rotatable bonds is 7. The number of halogens is 1. The zero-order valence-corrected chi connectivity index (χ0v) is 15.9. The molecule has 0 aromatic heterocycles. The second-order valence-corrected chi connectivity index (χ2v) is 5.72. The monoisotopic (exact) mass is 397 g/mol. The summed E-state index contributed by atoms with van der Waals surface area (Å²) in [6.45, 7) is 7.72. The van der Waals surface area contributed by atoms with E-state index >= 15 is 0 Å². The third-order valence-electron chi connectivity index (χ3n) is 3.97. The van der Waals surface area contributed by atoms with Crippen molar-refractivity contribution in [3.63, 3.8) is 0 Å². The van der Waals surface area contributed by atoms with E-state index in [2.05, 4.69) is 24.1 Å². The third-order valence-corrected chi connectivity index (χ3v) is 3.97. The lowest BCUT2D eigenvalue weighted by Gasteiger charge is -2.28. The fraction of sp³-hybridized carbons (Fsp3) is 0.933. The Morgan fingerprint density at radius 3 is 2.40 bits per heavy atom. The van der Waals surface area contributed by atoms with Gasteiger partial charge >= 0.3 is 0 Å². The van der Waals surface area contributed by atoms with Crippen LogP contribution < -0.4 is 5.32 Å². The van der Waals surface area contributed by atoms with E-state index in [4.69, 9.17) is 9.73 Å². The third kappa shape index (κ3) is 6.61. The lowest BCUT2D eigenvalue weighted by molar-refractivity contribution is 0.107. The molecular formula is C15H32IN3O. The molecule has 0 unspecified atom stereocenters. The molecule has 0 spiro atoms. The van der Waals surface area contributed by atoms with Gasteiger partial charge in [-0.25, -0.2) is 0 Å². The van der Waals surface area contributed by atoms with Gasteiger partial charge < -0.3 is 15.0 Å². The molecule has 0 aromatic carbocycles. The van der Waals surface area contributed by atoms with Crippen molar-refractivity contribution in [3.05, 3.63) is 0 Å². The number of guanidine groups is 1. The minimum absolute atomic E-state index is 0. The summed E-state index contributed by atoms with van der Waals surface area (Å²) in [6.07, 6.45) is 6.45. The zero-order chi connectivity index (χ0) is 14.1. The number of ether oxygens (including phenoxy) is 1. The van der Waals surface area contributed by atoms with Gasteiger partial charge in [-0.1, -0.05) is 12.8 Å². The number of aliphatic imine (C=N–C) groups is 1. The zero-order valence-electron chi connectivity index (χ0n) is 13.6. The molecule has 1 rings (SSSR count). The molecule has 1 aliphatic rings. The summed E-state index contributed by atoms with van der Waals surface area (Å²) < 4.78 is 5.55. The second kappa shape index (κ2) is 10.7. The number of hydrogen-bond donors (Lipinski definition) is 1. The van der Waals surface area contributed by atoms with Crippen LogP contribution in [0.5, 0.6) is 0 Å². The fourth-order valence-corrected chi connectivity index (χ4v) is 2.80. The molecule has 0 atom stereocenters. The molecule has 1 saturated carbocycles. The van der Waals surface area contributed by atoms with Crippen molar-refractivity contribution in [1.82, 2.24) is 10.2 Å². The molecule has 120 valence electrons. The van der Waals surface area contributed by atoms with Gasteiger partial charge in [-0.05, 0) is 38.5 Å². The van der Waals surface area contributed by atoms with Gasteiger partial charge in [-0.2, -0.15) is 0 Å². The first-order valence-electron chi connectivity index (χ1n) is 7.67. The number of hydrogen-bond acceptors (Lipinski definition) is 2. The molecule has 0 aromatic rings. The minimum Gasteiger partial charge on any atom is -0.382 e. The predicted molar refractivity (Wildman–Crippen MR) is 97.1 cm³/mol. The quantitative estimate of drug-likeness (QED) is 0.311. The Bertz CT molecular complexity index is 276. The van der Waals surface area contributed by atoms with Gasteiger partial charge in [0.15, 0.2) is 5.96 Å². The van der Waals surface area contributed by atoms with Crippen LogP contribution in [-0.2, 0) is 4.74 Å². The van der Waals surface area contributed by atoms with Gasteiger partial charge in [0.1, 0.15) is 0 Å². The summed E-state index contributed by atoms with van der Waals surface area (Å²) in [5.74, 6) is 1.00. The SMILES string of the molecule is CCNC(=NCC1(CCOCC)CCCC1)N(C)C.I. The Kier molecular flexibility index (Phi) is 10.6. The lowest BCUT2D eigenvalue weighted by Crippen LogP contribution is -2.37. The molecule has 0 saturated heterocycles. The van der Waals surface area contributed by atoms with Crippen LogP contribution in [-0.4, -0.2) is 51.3 Å². The van der Waals surface area contributed by atoms with Crippen molar-refractivity contribution in [2.75, 3.05) is 40.4 Å². The molecule has 0 radical (unpaired) electrons. The molecule has 1 fully saturated rings. The number of nitrogens with zero attached hydrogens (tertiary/aromatic N) is 2. The molecule has 4 nitrogen and oxygen atoms in total. The molecule has 1 N–H and O–H groups in total. The highest BCUT2D eigenvalue weighted by Gasteiger charge is 2.33. The van der Waals surface area contributed by atoms with Crippen LogP contribution in [0.4, 0.5) is 0 Å². The van der Waals surface area contributed by atoms with E-state index in [0.717, 1.165) is 38.7 Å². The normalized spacial score (nSPS) is 17.7. The largest absolute Gasteiger partial charge is 0.382 e. The summed E-state index contributed by atoms with van der Waals surface area (Å²) in [5, 5.41) is 3.34. The maximum absolute atomic E-state index is 5.55. The summed E-state index contributed by atoms with van der Waals surface area (Å²) in [4.78, 5) is 6.89. The van der Waals surface area contributed by atoms with E-state index in [1.165, 1.54) is 25.7 Å². The molecule has 5 heteroatoms. The lowest BCUT2D eigenvalue weighted by atomic mass is 9.83. The Labute approximate surface area is 141 Å². The van der Waals surface area contributed by atoms with Crippen LogP contribution in [0, 0.1) is 5.41 Å². The van der Waals surface area contributed by atoms with Crippen LogP contribution >= 0.6 is 24.0 Å². The van der Waals surface area contributed by atoms with Crippen molar-refractivity contribution in [2.24, 2.45) is 10.4 Å². The van der Waals surface area contributed by atoms with Crippen LogP contribution in [0.3, 0.4) is 0 Å². The Morgan fingerprint density at radius 2 is 1.90 bits per heavy atom. The van der Waals surface area contributed by atoms with Crippen molar-refractivity contribution in [3.8, 4) is 0 Å². The van der Waals surface area contributed by atoms with Crippen molar-refractivity contribution in [2.45, 2.75) is 46.0 Å². The highest BCUT2D eigenvalue weighted by Crippen LogP contribution is 2.41. The van der Waals surface area contributed by atoms with Crippen molar-refractivity contribution in [1.29, 1.82) is 0 Å². The van der Waals surface area contributed by atoms with Gasteiger partial charge in [0, 0.05) is 40.4 Å². The summed E-state index contributed by atoms with van der Waals surface area (Å²) >= 11 is 0. The molecular weight excluding hydrogens is 365 g/mol. The Morgan fingerprint density at radius 1 is 1.25 bits per heavy atom. The molecule has 0 aliphatic heterocycles. The molecule has 0 amide bonds. The Balaban J connectivity index is 0.00000361. The average Bonchev–Trinajstić information content (AvgIpc) is 2.84. The van der Waals surface area contributed by atoms with E-state index in [-0.39, 0.29) is 24.0 Å².